The highest BCUT2D eigenvalue weighted by molar-refractivity contribution is 5.82. The minimum atomic E-state index is -4.43. The Morgan fingerprint density at radius 2 is 2.00 bits per heavy atom. The van der Waals surface area contributed by atoms with E-state index in [9.17, 15) is 22.8 Å². The predicted molar refractivity (Wildman–Crippen MR) is 64.7 cm³/mol. The number of amides is 1. The van der Waals surface area contributed by atoms with Crippen LogP contribution in [0.5, 0.6) is 0 Å². The van der Waals surface area contributed by atoms with Gasteiger partial charge in [-0.3, -0.25) is 9.59 Å². The van der Waals surface area contributed by atoms with Crippen LogP contribution < -0.4 is 5.32 Å². The number of nitrogens with one attached hydrogen (secondary N) is 1. The molecule has 0 aromatic heterocycles. The first-order chi connectivity index (χ1) is 9.20. The fourth-order valence-corrected chi connectivity index (χ4v) is 1.58. The van der Waals surface area contributed by atoms with Crippen molar-refractivity contribution in [3.05, 3.63) is 35.4 Å². The quantitative estimate of drug-likeness (QED) is 0.875. The predicted octanol–water partition coefficient (Wildman–Crippen LogP) is 2.43. The number of rotatable bonds is 5. The van der Waals surface area contributed by atoms with Crippen LogP contribution in [0.25, 0.3) is 0 Å². The lowest BCUT2D eigenvalue weighted by Gasteiger charge is -2.12. The van der Waals surface area contributed by atoms with Crippen molar-refractivity contribution in [1.29, 1.82) is 0 Å². The van der Waals surface area contributed by atoms with Gasteiger partial charge in [0.2, 0.25) is 5.91 Å². The summed E-state index contributed by atoms with van der Waals surface area (Å²) in [6, 6.07) is 4.60. The van der Waals surface area contributed by atoms with Crippen LogP contribution in [0.3, 0.4) is 0 Å². The number of hydrogen-bond donors (Lipinski definition) is 2. The Kier molecular flexibility index (Phi) is 5.12. The zero-order valence-electron chi connectivity index (χ0n) is 10.7. The minimum absolute atomic E-state index is 0.0767. The molecule has 0 aliphatic carbocycles. The first kappa shape index (κ1) is 16.0. The fourth-order valence-electron chi connectivity index (χ4n) is 1.58. The van der Waals surface area contributed by atoms with Crippen molar-refractivity contribution in [1.82, 2.24) is 5.32 Å². The number of carbonyl (C=O) groups is 2. The Morgan fingerprint density at radius 3 is 2.55 bits per heavy atom. The number of carbonyl (C=O) groups excluding carboxylic acids is 1. The van der Waals surface area contributed by atoms with Crippen LogP contribution in [-0.4, -0.2) is 17.0 Å². The molecule has 0 unspecified atom stereocenters. The molecule has 110 valence electrons. The van der Waals surface area contributed by atoms with Gasteiger partial charge >= 0.3 is 12.1 Å². The molecule has 4 nitrogen and oxygen atoms in total. The second-order valence-electron chi connectivity index (χ2n) is 4.41. The lowest BCUT2D eigenvalue weighted by molar-refractivity contribution is -0.141. The summed E-state index contributed by atoms with van der Waals surface area (Å²) in [7, 11) is 0. The smallest absolute Gasteiger partial charge is 0.416 e. The average molecular weight is 289 g/mol. The molecule has 1 rings (SSSR count). The highest BCUT2D eigenvalue weighted by atomic mass is 19.4. The third-order valence-electron chi connectivity index (χ3n) is 2.65. The molecule has 0 heterocycles. The first-order valence-corrected chi connectivity index (χ1v) is 5.86. The van der Waals surface area contributed by atoms with Crippen LogP contribution in [0.15, 0.2) is 24.3 Å². The average Bonchev–Trinajstić information content (AvgIpc) is 2.34. The zero-order valence-corrected chi connectivity index (χ0v) is 10.7. The number of alkyl halides is 3. The number of benzene rings is 1. The summed E-state index contributed by atoms with van der Waals surface area (Å²) in [6.07, 6.45) is -4.76. The van der Waals surface area contributed by atoms with Gasteiger partial charge < -0.3 is 10.4 Å². The third-order valence-corrected chi connectivity index (χ3v) is 2.65. The van der Waals surface area contributed by atoms with Gasteiger partial charge in [-0.15, -0.1) is 0 Å². The lowest BCUT2D eigenvalue weighted by Crippen LogP contribution is -2.30. The van der Waals surface area contributed by atoms with Gasteiger partial charge in [0.25, 0.3) is 0 Å². The molecule has 20 heavy (non-hydrogen) atoms. The molecule has 0 spiro atoms. The lowest BCUT2D eigenvalue weighted by atomic mass is 10.1. The Hall–Kier alpha value is -2.05. The molecule has 1 atom stereocenters. The summed E-state index contributed by atoms with van der Waals surface area (Å²) >= 11 is 0. The summed E-state index contributed by atoms with van der Waals surface area (Å²) < 4.78 is 37.5. The van der Waals surface area contributed by atoms with E-state index in [1.807, 2.05) is 0 Å². The second-order valence-corrected chi connectivity index (χ2v) is 4.41. The first-order valence-electron chi connectivity index (χ1n) is 5.86. The number of halogens is 3. The molecular formula is C13H14F3NO3. The van der Waals surface area contributed by atoms with Crippen molar-refractivity contribution >= 4 is 11.9 Å². The Labute approximate surface area is 113 Å². The summed E-state index contributed by atoms with van der Waals surface area (Å²) in [5.41, 5.74) is -0.487. The maximum absolute atomic E-state index is 12.5. The molecule has 1 amide bonds. The van der Waals surface area contributed by atoms with E-state index >= 15 is 0 Å². The summed E-state index contributed by atoms with van der Waals surface area (Å²) in [6.45, 7) is 1.36. The van der Waals surface area contributed by atoms with Crippen molar-refractivity contribution in [2.45, 2.75) is 26.1 Å². The monoisotopic (exact) mass is 289 g/mol. The van der Waals surface area contributed by atoms with Crippen LogP contribution in [0.2, 0.25) is 0 Å². The second kappa shape index (κ2) is 6.40. The fraction of sp³-hybridized carbons (Fsp3) is 0.385. The highest BCUT2D eigenvalue weighted by Crippen LogP contribution is 2.29. The van der Waals surface area contributed by atoms with Crippen molar-refractivity contribution in [2.75, 3.05) is 0 Å². The highest BCUT2D eigenvalue weighted by Gasteiger charge is 2.30. The van der Waals surface area contributed by atoms with E-state index in [1.54, 1.807) is 0 Å². The largest absolute Gasteiger partial charge is 0.481 e. The van der Waals surface area contributed by atoms with Crippen LogP contribution in [0.1, 0.15) is 24.5 Å². The van der Waals surface area contributed by atoms with E-state index in [1.165, 1.54) is 19.1 Å². The zero-order chi connectivity index (χ0) is 15.3. The van der Waals surface area contributed by atoms with Gasteiger partial charge in [-0.1, -0.05) is 19.1 Å². The number of hydrogen-bond acceptors (Lipinski definition) is 2. The molecule has 0 fully saturated rings. The minimum Gasteiger partial charge on any atom is -0.481 e. The Balaban J connectivity index is 2.62. The summed E-state index contributed by atoms with van der Waals surface area (Å²) in [4.78, 5) is 22.0. The molecule has 0 saturated heterocycles. The molecule has 0 radical (unpaired) electrons. The van der Waals surface area contributed by atoms with Crippen LogP contribution in [0, 0.1) is 5.92 Å². The van der Waals surface area contributed by atoms with E-state index in [0.717, 1.165) is 12.1 Å². The third kappa shape index (κ3) is 4.91. The molecule has 0 saturated carbocycles. The van der Waals surface area contributed by atoms with Crippen LogP contribution >= 0.6 is 0 Å². The van der Waals surface area contributed by atoms with Crippen LogP contribution in [0.4, 0.5) is 13.2 Å². The molecule has 1 aromatic carbocycles. The van der Waals surface area contributed by atoms with E-state index in [0.29, 0.717) is 5.56 Å². The normalized spacial score (nSPS) is 12.8. The van der Waals surface area contributed by atoms with Gasteiger partial charge in [-0.2, -0.15) is 13.2 Å². The number of aliphatic carboxylic acids is 1. The van der Waals surface area contributed by atoms with Gasteiger partial charge in [-0.25, -0.2) is 0 Å². The topological polar surface area (TPSA) is 66.4 Å². The summed E-state index contributed by atoms with van der Waals surface area (Å²) in [5.74, 6) is -2.35. The van der Waals surface area contributed by atoms with E-state index in [2.05, 4.69) is 5.32 Å². The van der Waals surface area contributed by atoms with Gasteiger partial charge in [0, 0.05) is 12.5 Å². The van der Waals surface area contributed by atoms with Gasteiger partial charge in [0.1, 0.15) is 0 Å². The van der Waals surface area contributed by atoms with Gasteiger partial charge in [0.05, 0.1) is 12.0 Å². The standard InChI is InChI=1S/C13H14F3NO3/c1-8(5-11(18)19)12(20)17-7-9-3-2-4-10(6-9)13(14,15)16/h2-4,6,8H,5,7H2,1H3,(H,17,20)(H,18,19)/t8-/m1/s1. The Morgan fingerprint density at radius 1 is 1.35 bits per heavy atom. The van der Waals surface area contributed by atoms with Gasteiger partial charge in [-0.05, 0) is 17.7 Å². The van der Waals surface area contributed by atoms with Crippen molar-refractivity contribution in [3.8, 4) is 0 Å². The number of carboxylic acid groups (broad SMARTS) is 1. The number of carboxylic acids is 1. The van der Waals surface area contributed by atoms with Crippen molar-refractivity contribution in [3.63, 3.8) is 0 Å². The maximum atomic E-state index is 12.5. The van der Waals surface area contributed by atoms with Crippen molar-refractivity contribution in [2.24, 2.45) is 5.92 Å². The molecular weight excluding hydrogens is 275 g/mol. The van der Waals surface area contributed by atoms with E-state index < -0.39 is 29.5 Å². The van der Waals surface area contributed by atoms with E-state index in [-0.39, 0.29) is 13.0 Å². The maximum Gasteiger partial charge on any atom is 0.416 e. The van der Waals surface area contributed by atoms with Crippen molar-refractivity contribution < 1.29 is 27.9 Å². The summed E-state index contributed by atoms with van der Waals surface area (Å²) in [5, 5.41) is 11.0. The molecule has 7 heteroatoms. The molecule has 2 N–H and O–H groups in total. The molecule has 1 aromatic rings. The van der Waals surface area contributed by atoms with Gasteiger partial charge in [0.15, 0.2) is 0 Å². The molecule has 0 aliphatic rings. The molecule has 0 bridgehead atoms. The van der Waals surface area contributed by atoms with Crippen LogP contribution in [-0.2, 0) is 22.3 Å². The molecule has 0 aliphatic heterocycles. The Bertz CT molecular complexity index is 500. The SMILES string of the molecule is C[C@H](CC(=O)O)C(=O)NCc1cccc(C(F)(F)F)c1. The van der Waals surface area contributed by atoms with E-state index in [4.69, 9.17) is 5.11 Å².